The monoisotopic (exact) mass is 362 g/mol. The normalized spacial score (nSPS) is 14.1. The quantitative estimate of drug-likeness (QED) is 0.648. The largest absolute Gasteiger partial charge is 0.370 e. The van der Waals surface area contributed by atoms with Crippen molar-refractivity contribution in [3.8, 4) is 0 Å². The first-order valence-corrected chi connectivity index (χ1v) is 9.12. The highest BCUT2D eigenvalue weighted by Crippen LogP contribution is 2.21. The molecule has 3 aromatic rings. The molecule has 6 nitrogen and oxygen atoms in total. The van der Waals surface area contributed by atoms with Gasteiger partial charge in [-0.2, -0.15) is 0 Å². The second-order valence-corrected chi connectivity index (χ2v) is 6.78. The summed E-state index contributed by atoms with van der Waals surface area (Å²) in [4.78, 5) is 14.2. The second-order valence-electron chi connectivity index (χ2n) is 6.78. The molecule has 0 bridgehead atoms. The first-order chi connectivity index (χ1) is 13.3. The maximum absolute atomic E-state index is 12.3. The van der Waals surface area contributed by atoms with Crippen molar-refractivity contribution < 1.29 is 9.53 Å². The number of hydrogen-bond acceptors (Lipinski definition) is 4. The Morgan fingerprint density at radius 2 is 1.63 bits per heavy atom. The average Bonchev–Trinajstić information content (AvgIpc) is 3.10. The van der Waals surface area contributed by atoms with Gasteiger partial charge in [0.25, 0.3) is 0 Å². The van der Waals surface area contributed by atoms with Gasteiger partial charge >= 0.3 is 0 Å². The van der Waals surface area contributed by atoms with Crippen LogP contribution in [0.5, 0.6) is 0 Å². The fourth-order valence-electron chi connectivity index (χ4n) is 3.11. The second kappa shape index (κ2) is 8.14. The van der Waals surface area contributed by atoms with Crippen LogP contribution >= 0.6 is 0 Å². The van der Waals surface area contributed by atoms with E-state index >= 15 is 0 Å². The van der Waals surface area contributed by atoms with Crippen LogP contribution in [-0.4, -0.2) is 38.9 Å². The lowest BCUT2D eigenvalue weighted by atomic mass is 10.1. The predicted molar refractivity (Wildman–Crippen MR) is 101 cm³/mol. The van der Waals surface area contributed by atoms with Gasteiger partial charge in [-0.15, -0.1) is 5.10 Å². The van der Waals surface area contributed by atoms with Gasteiger partial charge in [0.2, 0.25) is 5.91 Å². The van der Waals surface area contributed by atoms with Crippen molar-refractivity contribution in [1.82, 2.24) is 19.9 Å². The first-order valence-electron chi connectivity index (χ1n) is 9.12. The van der Waals surface area contributed by atoms with E-state index in [-0.39, 0.29) is 11.9 Å². The fraction of sp³-hybridized carbons (Fsp3) is 0.286. The van der Waals surface area contributed by atoms with Crippen molar-refractivity contribution in [1.29, 1.82) is 0 Å². The number of aromatic nitrogens is 3. The summed E-state index contributed by atoms with van der Waals surface area (Å²) >= 11 is 0. The maximum atomic E-state index is 12.3. The number of hydrogen-bond donors (Lipinski definition) is 0. The van der Waals surface area contributed by atoms with Gasteiger partial charge in [0, 0.05) is 13.1 Å². The Kier molecular flexibility index (Phi) is 5.25. The SMILES string of the molecule is O=C(Cc1ccccc1)N1CC(n2cc(COCc3ccccc3)nn2)C1. The van der Waals surface area contributed by atoms with Crippen molar-refractivity contribution in [2.75, 3.05) is 13.1 Å². The lowest BCUT2D eigenvalue weighted by Crippen LogP contribution is -2.51. The van der Waals surface area contributed by atoms with Gasteiger partial charge in [0.1, 0.15) is 5.69 Å². The molecule has 0 atom stereocenters. The third-order valence-corrected chi connectivity index (χ3v) is 4.71. The molecule has 138 valence electrons. The number of ether oxygens (including phenoxy) is 1. The van der Waals surface area contributed by atoms with Crippen molar-refractivity contribution >= 4 is 5.91 Å². The molecule has 1 aliphatic heterocycles. The Balaban J connectivity index is 1.22. The number of amides is 1. The summed E-state index contributed by atoms with van der Waals surface area (Å²) in [5.74, 6) is 0.156. The van der Waals surface area contributed by atoms with Gasteiger partial charge in [-0.3, -0.25) is 4.79 Å². The molecular formula is C21H22N4O2. The van der Waals surface area contributed by atoms with Crippen molar-refractivity contribution in [2.45, 2.75) is 25.7 Å². The van der Waals surface area contributed by atoms with E-state index in [4.69, 9.17) is 4.74 Å². The molecule has 2 heterocycles. The number of carbonyl (C=O) groups is 1. The summed E-state index contributed by atoms with van der Waals surface area (Å²) in [6.07, 6.45) is 2.36. The highest BCUT2D eigenvalue weighted by molar-refractivity contribution is 5.79. The zero-order valence-electron chi connectivity index (χ0n) is 15.1. The first kappa shape index (κ1) is 17.4. The molecule has 0 saturated carbocycles. The molecule has 0 N–H and O–H groups in total. The summed E-state index contributed by atoms with van der Waals surface area (Å²) in [5.41, 5.74) is 2.99. The lowest BCUT2D eigenvalue weighted by molar-refractivity contribution is -0.136. The summed E-state index contributed by atoms with van der Waals surface area (Å²) in [6.45, 7) is 2.34. The molecule has 2 aromatic carbocycles. The molecule has 0 spiro atoms. The molecule has 27 heavy (non-hydrogen) atoms. The number of nitrogens with zero attached hydrogens (tertiary/aromatic N) is 4. The topological polar surface area (TPSA) is 60.2 Å². The highest BCUT2D eigenvalue weighted by atomic mass is 16.5. The van der Waals surface area contributed by atoms with Gasteiger partial charge in [-0.1, -0.05) is 65.9 Å². The van der Waals surface area contributed by atoms with Crippen LogP contribution in [0.3, 0.4) is 0 Å². The summed E-state index contributed by atoms with van der Waals surface area (Å²) in [5, 5.41) is 8.36. The van der Waals surface area contributed by atoms with E-state index in [1.54, 1.807) is 0 Å². The third kappa shape index (κ3) is 4.41. The molecule has 0 radical (unpaired) electrons. The molecule has 1 fully saturated rings. The minimum Gasteiger partial charge on any atom is -0.370 e. The Labute approximate surface area is 158 Å². The van der Waals surface area contributed by atoms with E-state index in [0.29, 0.717) is 32.7 Å². The maximum Gasteiger partial charge on any atom is 0.227 e. The standard InChI is InChI=1S/C21H22N4O2/c26-21(11-17-7-3-1-4-8-17)24-13-20(14-24)25-12-19(22-23-25)16-27-15-18-9-5-2-6-10-18/h1-10,12,20H,11,13-16H2. The van der Waals surface area contributed by atoms with E-state index in [9.17, 15) is 4.79 Å². The Bertz CT molecular complexity index is 873. The molecule has 1 aromatic heterocycles. The van der Waals surface area contributed by atoms with E-state index in [1.165, 1.54) is 0 Å². The van der Waals surface area contributed by atoms with Gasteiger partial charge in [-0.25, -0.2) is 4.68 Å². The Hall–Kier alpha value is -2.99. The molecule has 1 aliphatic rings. The molecule has 1 saturated heterocycles. The van der Waals surface area contributed by atoms with Crippen LogP contribution in [0, 0.1) is 0 Å². The van der Waals surface area contributed by atoms with E-state index in [2.05, 4.69) is 10.3 Å². The van der Waals surface area contributed by atoms with Crippen LogP contribution < -0.4 is 0 Å². The average molecular weight is 362 g/mol. The van der Waals surface area contributed by atoms with Gasteiger partial charge in [0.05, 0.1) is 31.9 Å². The molecule has 1 amide bonds. The summed E-state index contributed by atoms with van der Waals surface area (Å²) in [7, 11) is 0. The minimum absolute atomic E-state index is 0.156. The van der Waals surface area contributed by atoms with Gasteiger partial charge in [-0.05, 0) is 11.1 Å². The fourth-order valence-corrected chi connectivity index (χ4v) is 3.11. The smallest absolute Gasteiger partial charge is 0.227 e. The molecular weight excluding hydrogens is 340 g/mol. The third-order valence-electron chi connectivity index (χ3n) is 4.71. The number of likely N-dealkylation sites (tertiary alicyclic amines) is 1. The number of benzene rings is 2. The number of rotatable bonds is 7. The summed E-state index contributed by atoms with van der Waals surface area (Å²) < 4.78 is 7.54. The molecule has 6 heteroatoms. The Morgan fingerprint density at radius 1 is 0.963 bits per heavy atom. The predicted octanol–water partition coefficient (Wildman–Crippen LogP) is 2.62. The van der Waals surface area contributed by atoms with Crippen LogP contribution in [0.1, 0.15) is 22.9 Å². The minimum atomic E-state index is 0.156. The van der Waals surface area contributed by atoms with Gasteiger partial charge in [0.15, 0.2) is 0 Å². The molecule has 0 unspecified atom stereocenters. The number of carbonyl (C=O) groups excluding carboxylic acids is 1. The highest BCUT2D eigenvalue weighted by Gasteiger charge is 2.32. The summed E-state index contributed by atoms with van der Waals surface area (Å²) in [6, 6.07) is 20.1. The van der Waals surface area contributed by atoms with Crippen LogP contribution in [0.15, 0.2) is 66.9 Å². The van der Waals surface area contributed by atoms with Crippen molar-refractivity contribution in [2.24, 2.45) is 0 Å². The van der Waals surface area contributed by atoms with Crippen LogP contribution in [-0.2, 0) is 29.2 Å². The van der Waals surface area contributed by atoms with Crippen LogP contribution in [0.2, 0.25) is 0 Å². The van der Waals surface area contributed by atoms with Crippen LogP contribution in [0.25, 0.3) is 0 Å². The molecule has 4 rings (SSSR count). The zero-order chi connectivity index (χ0) is 18.5. The van der Waals surface area contributed by atoms with Crippen molar-refractivity contribution in [3.63, 3.8) is 0 Å². The molecule has 0 aliphatic carbocycles. The Morgan fingerprint density at radius 3 is 2.33 bits per heavy atom. The lowest BCUT2D eigenvalue weighted by Gasteiger charge is -2.39. The van der Waals surface area contributed by atoms with Gasteiger partial charge < -0.3 is 9.64 Å². The van der Waals surface area contributed by atoms with Crippen molar-refractivity contribution in [3.05, 3.63) is 83.7 Å². The van der Waals surface area contributed by atoms with E-state index in [0.717, 1.165) is 16.8 Å². The zero-order valence-corrected chi connectivity index (χ0v) is 15.1. The van der Waals surface area contributed by atoms with Crippen LogP contribution in [0.4, 0.5) is 0 Å². The van der Waals surface area contributed by atoms with E-state index in [1.807, 2.05) is 76.4 Å². The van der Waals surface area contributed by atoms with E-state index < -0.39 is 0 Å².